The van der Waals surface area contributed by atoms with Crippen molar-refractivity contribution in [3.8, 4) is 17.2 Å². The Bertz CT molecular complexity index is 1700. The van der Waals surface area contributed by atoms with Crippen molar-refractivity contribution >= 4 is 17.8 Å². The molecule has 5 rings (SSSR count). The van der Waals surface area contributed by atoms with Crippen molar-refractivity contribution in [1.82, 2.24) is 19.4 Å². The van der Waals surface area contributed by atoms with Crippen molar-refractivity contribution < 1.29 is 32.9 Å². The molecule has 2 saturated heterocycles. The summed E-state index contributed by atoms with van der Waals surface area (Å²) in [5.74, 6) is 1.93. The van der Waals surface area contributed by atoms with Crippen LogP contribution in [0.2, 0.25) is 0 Å². The lowest BCUT2D eigenvalue weighted by molar-refractivity contribution is -0.137. The van der Waals surface area contributed by atoms with Crippen molar-refractivity contribution in [3.63, 3.8) is 0 Å². The number of hydrogen-bond donors (Lipinski definition) is 0. The number of allylic oxidation sites excluding steroid dienone is 3. The molecule has 2 aromatic carbocycles. The lowest BCUT2D eigenvalue weighted by Gasteiger charge is -2.33. The third kappa shape index (κ3) is 9.74. The third-order valence-electron chi connectivity index (χ3n) is 10.6. The first-order valence-electron chi connectivity index (χ1n) is 18.8. The van der Waals surface area contributed by atoms with Crippen molar-refractivity contribution in [2.45, 2.75) is 65.5 Å². The van der Waals surface area contributed by atoms with E-state index in [0.29, 0.717) is 75.2 Å². The van der Waals surface area contributed by atoms with Gasteiger partial charge in [-0.05, 0) is 113 Å². The van der Waals surface area contributed by atoms with Crippen LogP contribution in [0, 0.1) is 17.2 Å². The summed E-state index contributed by atoms with van der Waals surface area (Å²) in [6, 6.07) is 10.3. The number of hydrogen-bond acceptors (Lipinski definition) is 8. The molecule has 0 N–H and O–H groups in total. The number of rotatable bonds is 19. The van der Waals surface area contributed by atoms with Gasteiger partial charge in [0.25, 0.3) is 0 Å². The van der Waals surface area contributed by atoms with Gasteiger partial charge in [0.15, 0.2) is 17.3 Å². The number of carbonyl (C=O) groups is 2. The molecule has 53 heavy (non-hydrogen) atoms. The topological polar surface area (TPSA) is 95.4 Å². The van der Waals surface area contributed by atoms with Crippen LogP contribution >= 0.6 is 0 Å². The van der Waals surface area contributed by atoms with Crippen LogP contribution in [-0.2, 0) is 29.0 Å². The second kappa shape index (κ2) is 19.0. The normalized spacial score (nSPS) is 18.5. The zero-order valence-corrected chi connectivity index (χ0v) is 31.9. The number of ketones is 1. The molecule has 11 heteroatoms. The first-order chi connectivity index (χ1) is 25.7. The number of methoxy groups -OCH3 is 3. The van der Waals surface area contributed by atoms with E-state index in [-0.39, 0.29) is 23.4 Å². The standard InChI is InChI=1S/C42H55FN4O6/c1-6-8-9-11-35-29-44-40(47(35)24-25-53-7-2)38(48)33-16-21-45(22-17-33)20-10-18-42(28-31-12-14-34(43)15-13-31)19-23-46(41(42)49)30-32-26-36(50-3)39(52-5)37(27-32)51-4/h6,8-9,11-15,26-27,29,33H,7,10,16-25,28,30H2,1-5H3. The number of piperidine rings is 1. The van der Waals surface area contributed by atoms with E-state index in [2.05, 4.69) is 9.88 Å². The highest BCUT2D eigenvalue weighted by Crippen LogP contribution is 2.43. The molecule has 0 saturated carbocycles. The van der Waals surface area contributed by atoms with Gasteiger partial charge < -0.3 is 33.3 Å². The van der Waals surface area contributed by atoms with Crippen LogP contribution in [0.4, 0.5) is 4.39 Å². The fourth-order valence-electron chi connectivity index (χ4n) is 7.73. The first kappa shape index (κ1) is 39.7. The molecule has 1 atom stereocenters. The number of Topliss-reactive ketones (excluding diaryl/α,β-unsaturated/α-hetero) is 1. The number of halogens is 1. The van der Waals surface area contributed by atoms with Gasteiger partial charge >= 0.3 is 0 Å². The predicted molar refractivity (Wildman–Crippen MR) is 204 cm³/mol. The van der Waals surface area contributed by atoms with Crippen LogP contribution in [0.1, 0.15) is 73.4 Å². The summed E-state index contributed by atoms with van der Waals surface area (Å²) in [7, 11) is 4.73. The summed E-state index contributed by atoms with van der Waals surface area (Å²) in [6.07, 6.45) is 14.0. The van der Waals surface area contributed by atoms with Crippen molar-refractivity contribution in [2.24, 2.45) is 11.3 Å². The Labute approximate surface area is 313 Å². The fraction of sp³-hybridized carbons (Fsp3) is 0.500. The van der Waals surface area contributed by atoms with E-state index < -0.39 is 5.41 Å². The maximum absolute atomic E-state index is 14.3. The molecular weight excluding hydrogens is 675 g/mol. The average molecular weight is 731 g/mol. The van der Waals surface area contributed by atoms with Gasteiger partial charge in [-0.15, -0.1) is 0 Å². The molecule has 2 fully saturated rings. The number of likely N-dealkylation sites (tertiary alicyclic amines) is 2. The second-order valence-electron chi connectivity index (χ2n) is 13.9. The molecule has 2 aliphatic heterocycles. The lowest BCUT2D eigenvalue weighted by Crippen LogP contribution is -2.39. The number of carbonyl (C=O) groups excluding carboxylic acids is 2. The molecule has 286 valence electrons. The van der Waals surface area contributed by atoms with Gasteiger partial charge in [-0.25, -0.2) is 9.37 Å². The number of benzene rings is 2. The van der Waals surface area contributed by atoms with Gasteiger partial charge in [0, 0.05) is 32.2 Å². The third-order valence-corrected chi connectivity index (χ3v) is 10.6. The van der Waals surface area contributed by atoms with Crippen molar-refractivity contribution in [3.05, 3.63) is 89.3 Å². The smallest absolute Gasteiger partial charge is 0.229 e. The molecule has 10 nitrogen and oxygen atoms in total. The summed E-state index contributed by atoms with van der Waals surface area (Å²) < 4.78 is 38.0. The van der Waals surface area contributed by atoms with Crippen molar-refractivity contribution in [2.75, 3.05) is 60.7 Å². The van der Waals surface area contributed by atoms with Gasteiger partial charge in [-0.2, -0.15) is 0 Å². The molecule has 0 aliphatic carbocycles. The molecule has 0 radical (unpaired) electrons. The van der Waals surface area contributed by atoms with E-state index in [0.717, 1.165) is 55.7 Å². The Hall–Kier alpha value is -4.48. The molecular formula is C42H55FN4O6. The molecule has 0 bridgehead atoms. The minimum atomic E-state index is -0.593. The van der Waals surface area contributed by atoms with E-state index in [1.54, 1.807) is 39.7 Å². The Morgan fingerprint density at radius 2 is 1.70 bits per heavy atom. The largest absolute Gasteiger partial charge is 0.493 e. The quantitative estimate of drug-likeness (QED) is 0.0739. The lowest BCUT2D eigenvalue weighted by atomic mass is 9.76. The van der Waals surface area contributed by atoms with Gasteiger partial charge in [0.2, 0.25) is 17.4 Å². The number of ether oxygens (including phenoxy) is 4. The molecule has 1 aromatic heterocycles. The van der Waals surface area contributed by atoms with Crippen molar-refractivity contribution in [1.29, 1.82) is 0 Å². The highest BCUT2D eigenvalue weighted by molar-refractivity contribution is 5.95. The maximum atomic E-state index is 14.3. The Morgan fingerprint density at radius 3 is 2.34 bits per heavy atom. The van der Waals surface area contributed by atoms with Gasteiger partial charge in [-0.1, -0.05) is 30.4 Å². The van der Waals surface area contributed by atoms with E-state index in [4.69, 9.17) is 18.9 Å². The van der Waals surface area contributed by atoms with Crippen LogP contribution in [0.3, 0.4) is 0 Å². The zero-order valence-electron chi connectivity index (χ0n) is 31.9. The highest BCUT2D eigenvalue weighted by Gasteiger charge is 2.46. The second-order valence-corrected chi connectivity index (χ2v) is 13.9. The van der Waals surface area contributed by atoms with E-state index >= 15 is 0 Å². The molecule has 3 heterocycles. The number of amides is 1. The minimum Gasteiger partial charge on any atom is -0.493 e. The van der Waals surface area contributed by atoms with Crippen LogP contribution in [0.5, 0.6) is 17.2 Å². The van der Waals surface area contributed by atoms with Gasteiger partial charge in [0.05, 0.1) is 45.2 Å². The Kier molecular flexibility index (Phi) is 14.3. The van der Waals surface area contributed by atoms with Crippen LogP contribution < -0.4 is 14.2 Å². The molecule has 3 aromatic rings. The number of nitrogens with zero attached hydrogens (tertiary/aromatic N) is 4. The van der Waals surface area contributed by atoms with E-state index in [9.17, 15) is 14.0 Å². The summed E-state index contributed by atoms with van der Waals surface area (Å²) in [5.41, 5.74) is 2.14. The minimum absolute atomic E-state index is 0.0862. The predicted octanol–water partition coefficient (Wildman–Crippen LogP) is 7.01. The van der Waals surface area contributed by atoms with Gasteiger partial charge in [-0.3, -0.25) is 9.59 Å². The summed E-state index contributed by atoms with van der Waals surface area (Å²) in [6.45, 7) is 9.15. The summed E-state index contributed by atoms with van der Waals surface area (Å²) >= 11 is 0. The Morgan fingerprint density at radius 1 is 0.981 bits per heavy atom. The highest BCUT2D eigenvalue weighted by atomic mass is 19.1. The molecule has 2 aliphatic rings. The zero-order chi connectivity index (χ0) is 37.8. The Balaban J connectivity index is 1.22. The first-order valence-corrected chi connectivity index (χ1v) is 18.8. The number of aromatic nitrogens is 2. The van der Waals surface area contributed by atoms with Crippen LogP contribution in [0.25, 0.3) is 6.08 Å². The fourth-order valence-corrected chi connectivity index (χ4v) is 7.73. The molecule has 1 amide bonds. The SMILES string of the molecule is CC=CC=Cc1cnc(C(=O)C2CCN(CCCC3(Cc4ccc(F)cc4)CCN(Cc4cc(OC)c(OC)c(OC)c4)C3=O)CC2)n1CCOCC. The van der Waals surface area contributed by atoms with Crippen LogP contribution in [0.15, 0.2) is 60.8 Å². The average Bonchev–Trinajstić information content (AvgIpc) is 3.71. The van der Waals surface area contributed by atoms with Crippen LogP contribution in [-0.4, -0.2) is 91.8 Å². The maximum Gasteiger partial charge on any atom is 0.229 e. The monoisotopic (exact) mass is 730 g/mol. The summed E-state index contributed by atoms with van der Waals surface area (Å²) in [4.78, 5) is 37.0. The van der Waals surface area contributed by atoms with E-state index in [1.807, 2.05) is 59.8 Å². The molecule has 0 spiro atoms. The van der Waals surface area contributed by atoms with Gasteiger partial charge in [0.1, 0.15) is 5.82 Å². The van der Waals surface area contributed by atoms with E-state index in [1.165, 1.54) is 12.1 Å². The summed E-state index contributed by atoms with van der Waals surface area (Å²) in [5, 5.41) is 0. The number of imidazole rings is 1. The molecule has 1 unspecified atom stereocenters.